The van der Waals surface area contributed by atoms with Gasteiger partial charge in [-0.25, -0.2) is 0 Å². The van der Waals surface area contributed by atoms with Crippen molar-refractivity contribution in [2.45, 2.75) is 25.9 Å². The summed E-state index contributed by atoms with van der Waals surface area (Å²) in [6, 6.07) is 1.50. The number of aryl methyl sites for hydroxylation is 2. The number of likely N-dealkylation sites (tertiary alicyclic amines) is 1. The van der Waals surface area contributed by atoms with Crippen LogP contribution < -0.4 is 5.43 Å². The summed E-state index contributed by atoms with van der Waals surface area (Å²) in [5, 5.41) is 0. The number of hydrogen-bond donors (Lipinski definition) is 0. The number of rotatable bonds is 2. The van der Waals surface area contributed by atoms with E-state index in [9.17, 15) is 9.59 Å². The molecule has 1 fully saturated rings. The summed E-state index contributed by atoms with van der Waals surface area (Å²) in [7, 11) is 3.49. The van der Waals surface area contributed by atoms with Gasteiger partial charge in [0.2, 0.25) is 0 Å². The van der Waals surface area contributed by atoms with Crippen LogP contribution in [0.15, 0.2) is 17.1 Å². The van der Waals surface area contributed by atoms with Gasteiger partial charge >= 0.3 is 0 Å². The number of methoxy groups -OCH3 is 1. The normalized spacial score (nSPS) is 19.5. The smallest absolute Gasteiger partial charge is 0.259 e. The lowest BCUT2D eigenvalue weighted by atomic mass is 10.1. The first kappa shape index (κ1) is 13.8. The molecule has 1 aromatic rings. The number of aromatic nitrogens is 1. The second-order valence-electron chi connectivity index (χ2n) is 5.05. The van der Waals surface area contributed by atoms with Crippen molar-refractivity contribution in [3.05, 3.63) is 33.7 Å². The van der Waals surface area contributed by atoms with Crippen LogP contribution in [0.3, 0.4) is 0 Å². The van der Waals surface area contributed by atoms with Crippen molar-refractivity contribution in [3.8, 4) is 0 Å². The summed E-state index contributed by atoms with van der Waals surface area (Å²) in [6.45, 7) is 3.10. The van der Waals surface area contributed by atoms with Gasteiger partial charge in [-0.3, -0.25) is 9.59 Å². The molecule has 0 spiro atoms. The van der Waals surface area contributed by atoms with Crippen molar-refractivity contribution >= 4 is 5.91 Å². The number of amides is 1. The Kier molecular flexibility index (Phi) is 4.04. The largest absolute Gasteiger partial charge is 0.380 e. The fourth-order valence-electron chi connectivity index (χ4n) is 2.37. The monoisotopic (exact) mass is 264 g/mol. The van der Waals surface area contributed by atoms with Crippen LogP contribution >= 0.6 is 0 Å². The molecule has 0 aromatic carbocycles. The van der Waals surface area contributed by atoms with Gasteiger partial charge in [-0.15, -0.1) is 0 Å². The van der Waals surface area contributed by atoms with Crippen molar-refractivity contribution in [2.75, 3.05) is 20.2 Å². The predicted octanol–water partition coefficient (Wildman–Crippen LogP) is 0.945. The van der Waals surface area contributed by atoms with Crippen molar-refractivity contribution in [1.82, 2.24) is 9.47 Å². The van der Waals surface area contributed by atoms with Gasteiger partial charge in [-0.2, -0.15) is 0 Å². The molecule has 1 saturated heterocycles. The third-order valence-electron chi connectivity index (χ3n) is 3.71. The number of hydrogen-bond acceptors (Lipinski definition) is 3. The van der Waals surface area contributed by atoms with Crippen molar-refractivity contribution in [2.24, 2.45) is 7.05 Å². The Hall–Kier alpha value is -1.62. The average molecular weight is 264 g/mol. The molecule has 2 rings (SSSR count). The van der Waals surface area contributed by atoms with Crippen LogP contribution in [0, 0.1) is 6.92 Å². The first-order chi connectivity index (χ1) is 9.02. The van der Waals surface area contributed by atoms with Gasteiger partial charge in [0.25, 0.3) is 5.91 Å². The van der Waals surface area contributed by atoms with Crippen molar-refractivity contribution < 1.29 is 9.53 Å². The second-order valence-corrected chi connectivity index (χ2v) is 5.05. The molecule has 0 saturated carbocycles. The van der Waals surface area contributed by atoms with Crippen molar-refractivity contribution in [3.63, 3.8) is 0 Å². The molecular weight excluding hydrogens is 244 g/mol. The molecule has 0 bridgehead atoms. The van der Waals surface area contributed by atoms with Gasteiger partial charge in [0.15, 0.2) is 5.43 Å². The number of carbonyl (C=O) groups is 1. The molecular formula is C14H20N2O3. The molecule has 0 N–H and O–H groups in total. The van der Waals surface area contributed by atoms with Crippen molar-refractivity contribution in [1.29, 1.82) is 0 Å². The molecule has 1 aromatic heterocycles. The van der Waals surface area contributed by atoms with Crippen LogP contribution in [0.25, 0.3) is 0 Å². The van der Waals surface area contributed by atoms with Crippen LogP contribution in [0.2, 0.25) is 0 Å². The lowest BCUT2D eigenvalue weighted by Gasteiger charge is -2.31. The Balaban J connectivity index is 2.24. The van der Waals surface area contributed by atoms with Gasteiger partial charge in [0.1, 0.15) is 5.56 Å². The molecule has 0 aliphatic carbocycles. The number of nitrogens with zero attached hydrogens (tertiary/aromatic N) is 2. The minimum atomic E-state index is -0.208. The standard InChI is InChI=1S/C14H20N2O3/c1-10-7-13(17)12(9-15(10)2)14(18)16-6-4-5-11(8-16)19-3/h7,9,11H,4-6,8H2,1-3H3/t11-/m0/s1. The number of carbonyl (C=O) groups excluding carboxylic acids is 1. The van der Waals surface area contributed by atoms with E-state index in [-0.39, 0.29) is 23.0 Å². The number of ether oxygens (including phenoxy) is 1. The predicted molar refractivity (Wildman–Crippen MR) is 72.4 cm³/mol. The Labute approximate surface area is 112 Å². The zero-order valence-electron chi connectivity index (χ0n) is 11.7. The first-order valence-corrected chi connectivity index (χ1v) is 6.52. The molecule has 1 aliphatic rings. The molecule has 2 heterocycles. The molecule has 104 valence electrons. The SMILES string of the molecule is CO[C@H]1CCCN(C(=O)c2cn(C)c(C)cc2=O)C1. The third-order valence-corrected chi connectivity index (χ3v) is 3.71. The minimum Gasteiger partial charge on any atom is -0.380 e. The highest BCUT2D eigenvalue weighted by atomic mass is 16.5. The first-order valence-electron chi connectivity index (χ1n) is 6.52. The van der Waals surface area contributed by atoms with Gasteiger partial charge in [-0.1, -0.05) is 0 Å². The molecule has 1 amide bonds. The summed E-state index contributed by atoms with van der Waals surface area (Å²) < 4.78 is 7.10. The van der Waals surface area contributed by atoms with Crippen LogP contribution in [-0.4, -0.2) is 41.7 Å². The lowest BCUT2D eigenvalue weighted by Crippen LogP contribution is -2.44. The van der Waals surface area contributed by atoms with E-state index < -0.39 is 0 Å². The number of piperidine rings is 1. The summed E-state index contributed by atoms with van der Waals surface area (Å²) in [5.74, 6) is -0.192. The summed E-state index contributed by atoms with van der Waals surface area (Å²) in [5.41, 5.74) is 0.875. The molecule has 0 unspecified atom stereocenters. The van der Waals surface area contributed by atoms with E-state index in [0.29, 0.717) is 13.1 Å². The highest BCUT2D eigenvalue weighted by Crippen LogP contribution is 2.14. The highest BCUT2D eigenvalue weighted by molar-refractivity contribution is 5.94. The zero-order chi connectivity index (χ0) is 14.0. The molecule has 19 heavy (non-hydrogen) atoms. The van der Waals surface area contributed by atoms with E-state index in [1.165, 1.54) is 6.07 Å². The third kappa shape index (κ3) is 2.87. The maximum Gasteiger partial charge on any atom is 0.259 e. The Bertz CT molecular complexity index is 536. The van der Waals surface area contributed by atoms with Crippen LogP contribution in [-0.2, 0) is 11.8 Å². The Morgan fingerprint density at radius 2 is 2.21 bits per heavy atom. The Morgan fingerprint density at radius 1 is 1.47 bits per heavy atom. The van der Waals surface area contributed by atoms with E-state index in [2.05, 4.69) is 0 Å². The zero-order valence-corrected chi connectivity index (χ0v) is 11.7. The maximum atomic E-state index is 12.4. The lowest BCUT2D eigenvalue weighted by molar-refractivity contribution is 0.0268. The molecule has 1 atom stereocenters. The molecule has 0 radical (unpaired) electrons. The summed E-state index contributed by atoms with van der Waals surface area (Å²) in [4.78, 5) is 26.0. The van der Waals surface area contributed by atoms with Gasteiger partial charge in [0, 0.05) is 45.2 Å². The second kappa shape index (κ2) is 5.57. The molecule has 1 aliphatic heterocycles. The van der Waals surface area contributed by atoms with Crippen LogP contribution in [0.1, 0.15) is 28.9 Å². The quantitative estimate of drug-likeness (QED) is 0.799. The average Bonchev–Trinajstić information content (AvgIpc) is 2.42. The van der Waals surface area contributed by atoms with E-state index >= 15 is 0 Å². The fraction of sp³-hybridized carbons (Fsp3) is 0.571. The van der Waals surface area contributed by atoms with Gasteiger partial charge in [0.05, 0.1) is 6.10 Å². The summed E-state index contributed by atoms with van der Waals surface area (Å²) >= 11 is 0. The number of pyridine rings is 1. The molecule has 5 nitrogen and oxygen atoms in total. The van der Waals surface area contributed by atoms with E-state index in [0.717, 1.165) is 18.5 Å². The van der Waals surface area contributed by atoms with E-state index in [4.69, 9.17) is 4.74 Å². The minimum absolute atomic E-state index is 0.0759. The van der Waals surface area contributed by atoms with Crippen LogP contribution in [0.4, 0.5) is 0 Å². The Morgan fingerprint density at radius 3 is 2.89 bits per heavy atom. The van der Waals surface area contributed by atoms with Crippen LogP contribution in [0.5, 0.6) is 0 Å². The maximum absolute atomic E-state index is 12.4. The fourth-order valence-corrected chi connectivity index (χ4v) is 2.37. The molecule has 5 heteroatoms. The van der Waals surface area contributed by atoms with E-state index in [1.54, 1.807) is 22.8 Å². The van der Waals surface area contributed by atoms with E-state index in [1.807, 2.05) is 14.0 Å². The summed E-state index contributed by atoms with van der Waals surface area (Å²) in [6.07, 6.45) is 3.57. The highest BCUT2D eigenvalue weighted by Gasteiger charge is 2.25. The van der Waals surface area contributed by atoms with Gasteiger partial charge < -0.3 is 14.2 Å². The topological polar surface area (TPSA) is 51.5 Å². The van der Waals surface area contributed by atoms with Gasteiger partial charge in [-0.05, 0) is 19.8 Å².